The van der Waals surface area contributed by atoms with Crippen LogP contribution in [0, 0.1) is 62.8 Å². The Kier molecular flexibility index (Phi) is 45.9. The molecule has 3 heterocycles. The molecule has 0 spiro atoms. The van der Waals surface area contributed by atoms with Gasteiger partial charge in [-0.2, -0.15) is 27.0 Å². The molecule has 0 saturated carbocycles. The first kappa shape index (κ1) is 89.7. The molecule has 0 saturated heterocycles. The Bertz CT molecular complexity index is 3290. The van der Waals surface area contributed by atoms with Gasteiger partial charge >= 0.3 is 27.0 Å². The van der Waals surface area contributed by atoms with Gasteiger partial charge in [-0.15, -0.1) is 36.9 Å². The number of carboxylic acids is 1. The summed E-state index contributed by atoms with van der Waals surface area (Å²) >= 11 is 1.82. The first-order valence-corrected chi connectivity index (χ1v) is 32.7. The topological polar surface area (TPSA) is 174 Å². The van der Waals surface area contributed by atoms with E-state index >= 15 is 0 Å². The van der Waals surface area contributed by atoms with Crippen molar-refractivity contribution < 1.29 is 49.8 Å². The molecule has 8 aromatic rings. The molecule has 0 unspecified atom stereocenters. The molecule has 91 heavy (non-hydrogen) atoms. The third-order valence-electron chi connectivity index (χ3n) is 14.8. The van der Waals surface area contributed by atoms with Crippen molar-refractivity contribution in [2.75, 3.05) is 32.0 Å². The summed E-state index contributed by atoms with van der Waals surface area (Å²) in [4.78, 5) is 13.5. The van der Waals surface area contributed by atoms with Crippen LogP contribution in [0.2, 0.25) is 0 Å². The molecule has 4 N–H and O–H groups in total. The molecule has 2 aliphatic rings. The number of benzene rings is 7. The number of nitrogens with zero attached hydrogens (tertiary/aromatic N) is 2. The number of hydrogen-bond donors (Lipinski definition) is 3. The average Bonchev–Trinajstić information content (AvgIpc) is 1.45. The number of halogens is 3. The Morgan fingerprint density at radius 3 is 1.35 bits per heavy atom. The van der Waals surface area contributed by atoms with Crippen molar-refractivity contribution in [3.63, 3.8) is 0 Å². The van der Waals surface area contributed by atoms with Crippen LogP contribution >= 0.6 is 61.5 Å². The maximum absolute atomic E-state index is 12.8. The second-order valence-electron chi connectivity index (χ2n) is 21.2. The van der Waals surface area contributed by atoms with Crippen molar-refractivity contribution >= 4 is 99.8 Å². The van der Waals surface area contributed by atoms with Gasteiger partial charge < -0.3 is 47.8 Å². The van der Waals surface area contributed by atoms with E-state index in [-0.39, 0.29) is 64.1 Å². The molecule has 0 bridgehead atoms. The zero-order valence-corrected chi connectivity index (χ0v) is 63.0. The van der Waals surface area contributed by atoms with Crippen molar-refractivity contribution in [2.24, 2.45) is 0 Å². The summed E-state index contributed by atoms with van der Waals surface area (Å²) in [5.41, 5.74) is 26.9. The van der Waals surface area contributed by atoms with Crippen LogP contribution < -0.4 is 24.8 Å². The summed E-state index contributed by atoms with van der Waals surface area (Å²) < 4.78 is 45.6. The Morgan fingerprint density at radius 2 is 0.967 bits per heavy atom. The Morgan fingerprint density at radius 1 is 0.604 bits per heavy atom. The molecule has 0 amide bonds. The van der Waals surface area contributed by atoms with Crippen LogP contribution in [0.5, 0.6) is 17.2 Å². The van der Waals surface area contributed by atoms with Gasteiger partial charge in [0.1, 0.15) is 27.3 Å². The molecule has 0 aliphatic carbocycles. The van der Waals surface area contributed by atoms with Crippen LogP contribution in [0.3, 0.4) is 0 Å². The number of pyridine rings is 1. The first-order valence-electron chi connectivity index (χ1n) is 29.0. The number of nitrogens with one attached hydrogen (secondary N) is 3. The summed E-state index contributed by atoms with van der Waals surface area (Å²) in [6.07, 6.45) is 5.86. The molecule has 2 aliphatic heterocycles. The van der Waals surface area contributed by atoms with E-state index in [0.29, 0.717) is 17.6 Å². The van der Waals surface area contributed by atoms with Crippen LogP contribution in [-0.2, 0) is 45.0 Å². The van der Waals surface area contributed by atoms with E-state index in [1.165, 1.54) is 75.1 Å². The number of ether oxygens (including phenoxy) is 3. The number of aromatic nitrogens is 1. The Labute approximate surface area is 586 Å². The van der Waals surface area contributed by atoms with E-state index in [9.17, 15) is 8.42 Å². The Balaban J connectivity index is -0.00000105. The van der Waals surface area contributed by atoms with Crippen LogP contribution in [-0.4, -0.2) is 57.9 Å². The molecule has 12 nitrogen and oxygen atoms in total. The van der Waals surface area contributed by atoms with Gasteiger partial charge in [-0.05, 0) is 189 Å². The monoisotopic (exact) mass is 1450 g/mol. The predicted octanol–water partition coefficient (Wildman–Crippen LogP) is 20.3. The third-order valence-corrected chi connectivity index (χ3v) is 16.1. The van der Waals surface area contributed by atoms with Crippen LogP contribution in [0.15, 0.2) is 157 Å². The van der Waals surface area contributed by atoms with Crippen molar-refractivity contribution in [3.05, 3.63) is 236 Å². The number of aliphatic carboxylic acids is 1. The zero-order valence-electron chi connectivity index (χ0n) is 56.0. The number of methoxy groups -OCH3 is 3. The van der Waals surface area contributed by atoms with Crippen LogP contribution in [0.1, 0.15) is 133 Å². The van der Waals surface area contributed by atoms with Crippen molar-refractivity contribution in [2.45, 2.75) is 151 Å². The fourth-order valence-corrected chi connectivity index (χ4v) is 10.7. The van der Waals surface area contributed by atoms with E-state index < -0.39 is 28.1 Å². The van der Waals surface area contributed by atoms with Crippen molar-refractivity contribution in [3.8, 4) is 17.2 Å². The fourth-order valence-electron chi connectivity index (χ4n) is 9.52. The third kappa shape index (κ3) is 28.3. The number of sulfonamides is 1. The standard InChI is InChI=1S/C21H20N2O2S.C12H18.2C11H15NO.C11H11NO.C3H8.C2H4O2.CH3.3ClH.Ru.2H2S/c1-16-12-14-19(15-13-16)26(24,25)23-21(18-10-6-3-7-11-18)20(22)17-8-4-2-5-9-17;1-7-8(2)10(4)12(6)11(5)9(7)3;3*1-8-6-7-9-10(12-8)4-3-5-11(9)13-2;1-3-2;1-2(3)4;;;;;;;/h2-15,20-22H,1H3;1-6H3;2*3-5,8,12H,6-7H2,1-2H3;3-7H,1-2H3;3H2,1-2H3;1H3,(H,3,4);1H3;3*1H;;2*1H2/q-2;;;;;;;-1;;;;+4;;/p-1/t20-,21-;;2*8-;;;;;;;;;;/m0.00........../s1. The molecule has 0 fully saturated rings. The number of carbonyl (C=O) groups is 1. The van der Waals surface area contributed by atoms with E-state index in [4.69, 9.17) is 29.8 Å². The van der Waals surface area contributed by atoms with Gasteiger partial charge in [-0.1, -0.05) is 128 Å². The summed E-state index contributed by atoms with van der Waals surface area (Å²) in [5.74, 6) is 2.07. The van der Waals surface area contributed by atoms with E-state index in [2.05, 4.69) is 111 Å². The van der Waals surface area contributed by atoms with Gasteiger partial charge in [0.2, 0.25) is 0 Å². The van der Waals surface area contributed by atoms with E-state index in [0.717, 1.165) is 64.7 Å². The number of fused-ring (bicyclic) bond motifs is 3. The van der Waals surface area contributed by atoms with Gasteiger partial charge in [-0.3, -0.25) is 9.78 Å². The van der Waals surface area contributed by atoms with Gasteiger partial charge in [0.25, 0.3) is 5.97 Å². The number of hydrogen-bond acceptors (Lipinski definition) is 9. The molecule has 1 aromatic heterocycles. The summed E-state index contributed by atoms with van der Waals surface area (Å²) in [7, 11) is 5.83. The van der Waals surface area contributed by atoms with Gasteiger partial charge in [0.05, 0.1) is 26.8 Å². The zero-order chi connectivity index (χ0) is 64.1. The summed E-state index contributed by atoms with van der Waals surface area (Å²) in [6, 6.07) is 46.7. The number of anilines is 2. The quantitative estimate of drug-likeness (QED) is 0.0932. The molecule has 7 aromatic carbocycles. The second-order valence-corrected chi connectivity index (χ2v) is 22.9. The number of aryl methyl sites for hydroxylation is 2. The van der Waals surface area contributed by atoms with Gasteiger partial charge in [0.15, 0.2) is 0 Å². The molecular weight excluding hydrogens is 1350 g/mol. The van der Waals surface area contributed by atoms with Crippen molar-refractivity contribution in [1.29, 1.82) is 0 Å². The predicted molar refractivity (Wildman–Crippen MR) is 398 cm³/mol. The minimum atomic E-state index is -3.87. The molecular formula is C72H100Cl3N5O7RuS3. The number of carboxylic acid groups (broad SMARTS) is 1. The normalized spacial score (nSPS) is 13.2. The fraction of sp³-hybridized carbons (Fsp3) is 0.347. The Hall–Kier alpha value is -5.52. The number of rotatable bonds is 9. The van der Waals surface area contributed by atoms with Crippen LogP contribution in [0.25, 0.3) is 21.4 Å². The van der Waals surface area contributed by atoms with E-state index in [1.807, 2.05) is 146 Å². The molecule has 4 atom stereocenters. The maximum atomic E-state index is 12.8. The van der Waals surface area contributed by atoms with Gasteiger partial charge in [0, 0.05) is 57.5 Å². The van der Waals surface area contributed by atoms with Gasteiger partial charge in [-0.25, -0.2) is 8.42 Å². The average molecular weight is 1450 g/mol. The summed E-state index contributed by atoms with van der Waals surface area (Å²) in [6.45, 7) is 26.9. The van der Waals surface area contributed by atoms with Crippen molar-refractivity contribution in [1.82, 2.24) is 4.98 Å². The minimum absolute atomic E-state index is 0. The molecule has 19 heteroatoms. The van der Waals surface area contributed by atoms with E-state index in [1.54, 1.807) is 45.6 Å². The molecule has 10 rings (SSSR count). The molecule has 502 valence electrons. The van der Waals surface area contributed by atoms with Crippen LogP contribution in [0.4, 0.5) is 11.4 Å². The first-order chi connectivity index (χ1) is 41.0. The summed E-state index contributed by atoms with van der Waals surface area (Å²) in [5, 5.41) is 15.4. The second kappa shape index (κ2) is 46.5. The molecule has 0 radical (unpaired) electrons. The SMILES string of the molecule is CC(=O)O.CCC.COc1cccc2c1CC[C@H](C)N2.COc1cccc2c1CC[C@H](C)N2.COc1cccc2nc(C)ccc12.Cc1c(C)c(C)c(C)c(C)c1C.Cc1ccc(S(=O)(=O)[N-][C@@H](c2ccccc2)[C@@H]([NH-])c2ccccc2)cc1.Cl.Cl.S.S.[CH3-].[Cl][Ru+3].